The summed E-state index contributed by atoms with van der Waals surface area (Å²) in [6.07, 6.45) is 0. The van der Waals surface area contributed by atoms with E-state index >= 15 is 0 Å². The third-order valence-corrected chi connectivity index (χ3v) is 8.32. The molecule has 2 saturated heterocycles. The predicted molar refractivity (Wildman–Crippen MR) is 69.4 cm³/mol. The van der Waals surface area contributed by atoms with Crippen molar-refractivity contribution < 1.29 is 10.2 Å². The lowest BCUT2D eigenvalue weighted by atomic mass is 10.3. The minimum absolute atomic E-state index is 0.290. The Kier molecular flexibility index (Phi) is 4.30. The van der Waals surface area contributed by atoms with Crippen molar-refractivity contribution in [3.05, 3.63) is 0 Å². The molecule has 0 radical (unpaired) electrons. The molecule has 2 N–H and O–H groups in total. The summed E-state index contributed by atoms with van der Waals surface area (Å²) in [5, 5.41) is 20.1. The molecule has 2 heterocycles. The van der Waals surface area contributed by atoms with E-state index in [9.17, 15) is 10.2 Å². The molecular formula is C8H14O2S4. The van der Waals surface area contributed by atoms with Crippen molar-refractivity contribution in [1.82, 2.24) is 0 Å². The van der Waals surface area contributed by atoms with Crippen LogP contribution in [0, 0.1) is 0 Å². The van der Waals surface area contributed by atoms with Crippen molar-refractivity contribution >= 4 is 47.0 Å². The van der Waals surface area contributed by atoms with Crippen molar-refractivity contribution in [2.45, 2.75) is 15.6 Å². The zero-order valence-electron chi connectivity index (χ0n) is 7.72. The first kappa shape index (κ1) is 11.8. The van der Waals surface area contributed by atoms with Gasteiger partial charge in [0.2, 0.25) is 0 Å². The van der Waals surface area contributed by atoms with Gasteiger partial charge in [0.15, 0.2) is 0 Å². The van der Waals surface area contributed by atoms with Gasteiger partial charge in [-0.05, 0) is 0 Å². The third-order valence-electron chi connectivity index (χ3n) is 2.28. The molecule has 6 heteroatoms. The Hall–Kier alpha value is 1.32. The lowest BCUT2D eigenvalue weighted by Gasteiger charge is -2.40. The number of hydrogen-bond acceptors (Lipinski definition) is 6. The molecule has 2 fully saturated rings. The normalized spacial score (nSPS) is 45.0. The number of aliphatic hydroxyl groups excluding tert-OH is 1. The Morgan fingerprint density at radius 3 is 2.57 bits per heavy atom. The summed E-state index contributed by atoms with van der Waals surface area (Å²) in [5.74, 6) is 4.72. The maximum atomic E-state index is 10.4. The van der Waals surface area contributed by atoms with Crippen LogP contribution in [0.25, 0.3) is 0 Å². The van der Waals surface area contributed by atoms with Crippen LogP contribution in [0.1, 0.15) is 0 Å². The number of hydrogen-bond donors (Lipinski definition) is 2. The summed E-state index contributed by atoms with van der Waals surface area (Å²) in [6.45, 7) is 0. The van der Waals surface area contributed by atoms with Crippen molar-refractivity contribution in [2.75, 3.05) is 28.8 Å². The molecule has 2 rings (SSSR count). The van der Waals surface area contributed by atoms with Crippen molar-refractivity contribution in [1.29, 1.82) is 0 Å². The Morgan fingerprint density at radius 2 is 2.00 bits per heavy atom. The van der Waals surface area contributed by atoms with Gasteiger partial charge >= 0.3 is 0 Å². The Morgan fingerprint density at radius 1 is 1.14 bits per heavy atom. The van der Waals surface area contributed by atoms with E-state index in [1.165, 1.54) is 29.3 Å². The standard InChI is InChI=1S/C8H14O2S4/c9-7-4-14-8(10,5-13-7)6-3-11-1-2-12-6/h6-7,9-10H,1-5H2. The first-order valence-electron chi connectivity index (χ1n) is 4.56. The molecule has 0 spiro atoms. The lowest BCUT2D eigenvalue weighted by Crippen LogP contribution is -2.46. The van der Waals surface area contributed by atoms with Crippen LogP contribution in [0.5, 0.6) is 0 Å². The molecule has 0 bridgehead atoms. The molecule has 0 aliphatic carbocycles. The van der Waals surface area contributed by atoms with Gasteiger partial charge in [0.25, 0.3) is 0 Å². The van der Waals surface area contributed by atoms with E-state index in [0.29, 0.717) is 16.8 Å². The molecule has 2 nitrogen and oxygen atoms in total. The summed E-state index contributed by atoms with van der Waals surface area (Å²) in [6, 6.07) is 0. The van der Waals surface area contributed by atoms with E-state index in [1.54, 1.807) is 0 Å². The van der Waals surface area contributed by atoms with E-state index in [4.69, 9.17) is 0 Å². The summed E-state index contributed by atoms with van der Waals surface area (Å²) in [7, 11) is 0. The molecule has 2 aliphatic heterocycles. The van der Waals surface area contributed by atoms with Gasteiger partial charge in [0.1, 0.15) is 10.4 Å². The predicted octanol–water partition coefficient (Wildman–Crippen LogP) is 1.32. The maximum absolute atomic E-state index is 10.4. The van der Waals surface area contributed by atoms with Gasteiger partial charge in [-0.2, -0.15) is 23.5 Å². The first-order valence-corrected chi connectivity index (χ1v) is 8.80. The highest BCUT2D eigenvalue weighted by Gasteiger charge is 2.42. The lowest BCUT2D eigenvalue weighted by molar-refractivity contribution is 0.160. The smallest absolute Gasteiger partial charge is 0.132 e. The fourth-order valence-corrected chi connectivity index (χ4v) is 7.35. The number of aliphatic hydroxyl groups is 2. The molecule has 0 amide bonds. The monoisotopic (exact) mass is 270 g/mol. The van der Waals surface area contributed by atoms with Gasteiger partial charge in [-0.25, -0.2) is 0 Å². The van der Waals surface area contributed by atoms with E-state index in [2.05, 4.69) is 0 Å². The highest BCUT2D eigenvalue weighted by atomic mass is 32.2. The van der Waals surface area contributed by atoms with Crippen molar-refractivity contribution in [2.24, 2.45) is 0 Å². The molecule has 0 saturated carbocycles. The third kappa shape index (κ3) is 2.71. The Balaban J connectivity index is 1.93. The second-order valence-corrected chi connectivity index (χ2v) is 8.31. The van der Waals surface area contributed by atoms with Gasteiger partial charge in [0.05, 0.1) is 5.25 Å². The molecule has 14 heavy (non-hydrogen) atoms. The Bertz CT molecular complexity index is 188. The maximum Gasteiger partial charge on any atom is 0.132 e. The number of thioether (sulfide) groups is 4. The van der Waals surface area contributed by atoms with Crippen LogP contribution in [0.15, 0.2) is 0 Å². The molecule has 3 atom stereocenters. The average molecular weight is 270 g/mol. The molecule has 0 aromatic rings. The summed E-state index contributed by atoms with van der Waals surface area (Å²) < 4.78 is 0. The highest BCUT2D eigenvalue weighted by Crippen LogP contribution is 2.44. The van der Waals surface area contributed by atoms with Crippen LogP contribution in [0.2, 0.25) is 0 Å². The quantitative estimate of drug-likeness (QED) is 0.749. The minimum Gasteiger partial charge on any atom is -0.382 e. The molecule has 2 aliphatic rings. The van der Waals surface area contributed by atoms with Crippen LogP contribution in [-0.2, 0) is 0 Å². The number of rotatable bonds is 1. The van der Waals surface area contributed by atoms with Crippen LogP contribution < -0.4 is 0 Å². The van der Waals surface area contributed by atoms with E-state index in [0.717, 1.165) is 11.5 Å². The Labute approximate surface area is 101 Å². The summed E-state index contributed by atoms with van der Waals surface area (Å²) >= 11 is 6.82. The molecule has 0 aromatic heterocycles. The second kappa shape index (κ2) is 5.10. The van der Waals surface area contributed by atoms with Gasteiger partial charge in [-0.3, -0.25) is 0 Å². The summed E-state index contributed by atoms with van der Waals surface area (Å²) in [4.78, 5) is -0.609. The highest BCUT2D eigenvalue weighted by molar-refractivity contribution is 8.10. The van der Waals surface area contributed by atoms with Gasteiger partial charge < -0.3 is 10.2 Å². The van der Waals surface area contributed by atoms with E-state index < -0.39 is 4.93 Å². The van der Waals surface area contributed by atoms with E-state index in [-0.39, 0.29) is 5.44 Å². The van der Waals surface area contributed by atoms with Gasteiger partial charge in [-0.15, -0.1) is 23.5 Å². The largest absolute Gasteiger partial charge is 0.382 e. The molecule has 82 valence electrons. The zero-order valence-corrected chi connectivity index (χ0v) is 11.0. The fraction of sp³-hybridized carbons (Fsp3) is 1.00. The van der Waals surface area contributed by atoms with Crippen LogP contribution in [0.4, 0.5) is 0 Å². The SMILES string of the molecule is OC1CSC(O)(C2CSCCS2)CS1. The zero-order chi connectivity index (χ0) is 10.0. The van der Waals surface area contributed by atoms with Gasteiger partial charge in [0, 0.05) is 28.8 Å². The first-order chi connectivity index (χ1) is 6.71. The molecular weight excluding hydrogens is 256 g/mol. The molecule has 3 unspecified atom stereocenters. The average Bonchev–Trinajstić information content (AvgIpc) is 2.24. The van der Waals surface area contributed by atoms with Crippen LogP contribution in [-0.4, -0.2) is 54.6 Å². The topological polar surface area (TPSA) is 40.5 Å². The molecule has 0 aromatic carbocycles. The van der Waals surface area contributed by atoms with Crippen molar-refractivity contribution in [3.8, 4) is 0 Å². The van der Waals surface area contributed by atoms with Crippen LogP contribution >= 0.6 is 47.0 Å². The van der Waals surface area contributed by atoms with E-state index in [1.807, 2.05) is 23.5 Å². The summed E-state index contributed by atoms with van der Waals surface area (Å²) in [5.41, 5.74) is -0.290. The minimum atomic E-state index is -0.609. The fourth-order valence-electron chi connectivity index (χ4n) is 1.46. The second-order valence-electron chi connectivity index (χ2n) is 3.36. The van der Waals surface area contributed by atoms with Crippen molar-refractivity contribution in [3.63, 3.8) is 0 Å². The van der Waals surface area contributed by atoms with Gasteiger partial charge in [-0.1, -0.05) is 0 Å². The van der Waals surface area contributed by atoms with Crippen LogP contribution in [0.3, 0.4) is 0 Å².